The maximum Gasteiger partial charge on any atom is 0.290 e. The van der Waals surface area contributed by atoms with E-state index in [-0.39, 0.29) is 11.9 Å². The van der Waals surface area contributed by atoms with Gasteiger partial charge in [0, 0.05) is 11.9 Å². The van der Waals surface area contributed by atoms with Crippen molar-refractivity contribution < 1.29 is 9.32 Å². The van der Waals surface area contributed by atoms with Crippen molar-refractivity contribution >= 4 is 17.2 Å². The Bertz CT molecular complexity index is 567. The number of rotatable bonds is 4. The minimum Gasteiger partial charge on any atom is -0.363 e. The van der Waals surface area contributed by atoms with Gasteiger partial charge in [-0.1, -0.05) is 5.16 Å². The van der Waals surface area contributed by atoms with Crippen LogP contribution in [0.4, 0.5) is 0 Å². The van der Waals surface area contributed by atoms with Crippen LogP contribution in [0.15, 0.2) is 15.4 Å². The van der Waals surface area contributed by atoms with Gasteiger partial charge in [-0.05, 0) is 19.4 Å². The summed E-state index contributed by atoms with van der Waals surface area (Å²) in [6, 6.07) is 0.0438. The maximum absolute atomic E-state index is 11.0. The van der Waals surface area contributed by atoms with E-state index in [1.54, 1.807) is 11.3 Å². The first-order chi connectivity index (χ1) is 9.24. The molecule has 1 amide bonds. The van der Waals surface area contributed by atoms with Gasteiger partial charge in [0.15, 0.2) is 0 Å². The van der Waals surface area contributed by atoms with Gasteiger partial charge >= 0.3 is 0 Å². The Labute approximate surface area is 113 Å². The summed E-state index contributed by atoms with van der Waals surface area (Å²) in [7, 11) is 0. The molecule has 2 aromatic rings. The van der Waals surface area contributed by atoms with E-state index >= 15 is 0 Å². The zero-order valence-electron chi connectivity index (χ0n) is 10.2. The van der Waals surface area contributed by atoms with Crippen LogP contribution in [0.25, 0.3) is 0 Å². The highest BCUT2D eigenvalue weighted by Crippen LogP contribution is 2.32. The summed E-state index contributed by atoms with van der Waals surface area (Å²) in [4.78, 5) is 21.5. The smallest absolute Gasteiger partial charge is 0.290 e. The lowest BCUT2D eigenvalue weighted by atomic mass is 10.2. The Morgan fingerprint density at radius 3 is 3.21 bits per heavy atom. The van der Waals surface area contributed by atoms with Crippen molar-refractivity contribution in [3.05, 3.63) is 28.3 Å². The monoisotopic (exact) mass is 279 g/mol. The number of primary amides is 1. The highest BCUT2D eigenvalue weighted by atomic mass is 32.1. The molecule has 0 unspecified atom stereocenters. The number of hydrogen-bond donors (Lipinski definition) is 1. The molecule has 0 aromatic carbocycles. The Morgan fingerprint density at radius 1 is 1.63 bits per heavy atom. The number of nitrogens with zero attached hydrogens (tertiary/aromatic N) is 4. The number of thiazole rings is 1. The Balaban J connectivity index is 1.76. The quantitative estimate of drug-likeness (QED) is 0.895. The fourth-order valence-corrected chi connectivity index (χ4v) is 2.84. The van der Waals surface area contributed by atoms with E-state index in [9.17, 15) is 4.79 Å². The van der Waals surface area contributed by atoms with Crippen molar-refractivity contribution in [2.45, 2.75) is 25.4 Å². The van der Waals surface area contributed by atoms with E-state index < -0.39 is 5.91 Å². The number of likely N-dealkylation sites (tertiary alicyclic amines) is 1. The van der Waals surface area contributed by atoms with E-state index in [0.717, 1.165) is 31.6 Å². The highest BCUT2D eigenvalue weighted by Gasteiger charge is 2.31. The van der Waals surface area contributed by atoms with Crippen LogP contribution in [0.1, 0.15) is 41.1 Å². The molecule has 100 valence electrons. The number of aromatic nitrogens is 3. The molecular weight excluding hydrogens is 266 g/mol. The number of nitrogens with two attached hydrogens (primary N) is 1. The number of carbonyl (C=O) groups excluding carboxylic acids is 1. The Morgan fingerprint density at radius 2 is 2.53 bits per heavy atom. The van der Waals surface area contributed by atoms with Crippen molar-refractivity contribution in [2.24, 2.45) is 5.73 Å². The predicted octanol–water partition coefficient (Wildman–Crippen LogP) is 0.962. The van der Waals surface area contributed by atoms with Gasteiger partial charge in [0.05, 0.1) is 17.2 Å². The summed E-state index contributed by atoms with van der Waals surface area (Å²) in [5.41, 5.74) is 7.98. The molecule has 0 bridgehead atoms. The molecule has 0 saturated carbocycles. The van der Waals surface area contributed by atoms with E-state index in [0.29, 0.717) is 5.89 Å². The molecular formula is C11H13N5O2S. The summed E-state index contributed by atoms with van der Waals surface area (Å²) in [5, 5.41) is 5.62. The average molecular weight is 279 g/mol. The second-order valence-electron chi connectivity index (χ2n) is 4.43. The predicted molar refractivity (Wildman–Crippen MR) is 67.3 cm³/mol. The largest absolute Gasteiger partial charge is 0.363 e. The molecule has 0 spiro atoms. The van der Waals surface area contributed by atoms with E-state index in [1.165, 1.54) is 0 Å². The lowest BCUT2D eigenvalue weighted by Gasteiger charge is -2.19. The molecule has 2 aromatic heterocycles. The third-order valence-corrected chi connectivity index (χ3v) is 3.79. The Hall–Kier alpha value is -1.80. The fourth-order valence-electron chi connectivity index (χ4n) is 2.29. The molecule has 1 fully saturated rings. The lowest BCUT2D eigenvalue weighted by molar-refractivity contribution is 0.0987. The van der Waals surface area contributed by atoms with E-state index in [2.05, 4.69) is 20.0 Å². The first kappa shape index (κ1) is 12.2. The molecule has 2 N–H and O–H groups in total. The summed E-state index contributed by atoms with van der Waals surface area (Å²) in [6.45, 7) is 1.71. The topological polar surface area (TPSA) is 98.1 Å². The van der Waals surface area contributed by atoms with Crippen LogP contribution in [0.5, 0.6) is 0 Å². The minimum absolute atomic E-state index is 0.0438. The molecule has 1 saturated heterocycles. The highest BCUT2D eigenvalue weighted by molar-refractivity contribution is 7.07. The van der Waals surface area contributed by atoms with Crippen LogP contribution in [-0.4, -0.2) is 32.5 Å². The molecule has 19 heavy (non-hydrogen) atoms. The second-order valence-corrected chi connectivity index (χ2v) is 5.15. The lowest BCUT2D eigenvalue weighted by Crippen LogP contribution is -2.23. The standard InChI is InChI=1S/C11H13N5O2S/c12-9(17)10-14-11(18-15-10)8-2-1-3-16(8)4-7-5-19-6-13-7/h5-6,8H,1-4H2,(H2,12,17)/t8-/m1/s1. The van der Waals surface area contributed by atoms with Gasteiger partial charge in [-0.25, -0.2) is 4.98 Å². The molecule has 1 atom stereocenters. The zero-order chi connectivity index (χ0) is 13.2. The first-order valence-electron chi connectivity index (χ1n) is 5.98. The summed E-state index contributed by atoms with van der Waals surface area (Å²) in [5.74, 6) is -0.268. The molecule has 1 aliphatic rings. The van der Waals surface area contributed by atoms with Crippen LogP contribution in [0.3, 0.4) is 0 Å². The molecule has 8 heteroatoms. The molecule has 0 radical (unpaired) electrons. The molecule has 3 heterocycles. The van der Waals surface area contributed by atoms with Gasteiger partial charge in [-0.3, -0.25) is 9.69 Å². The minimum atomic E-state index is -0.668. The van der Waals surface area contributed by atoms with Crippen molar-refractivity contribution in [1.29, 1.82) is 0 Å². The maximum atomic E-state index is 11.0. The van der Waals surface area contributed by atoms with Gasteiger partial charge in [0.1, 0.15) is 0 Å². The molecule has 3 rings (SSSR count). The number of amides is 1. The van der Waals surface area contributed by atoms with Crippen LogP contribution < -0.4 is 5.73 Å². The van der Waals surface area contributed by atoms with Crippen molar-refractivity contribution in [1.82, 2.24) is 20.0 Å². The van der Waals surface area contributed by atoms with E-state index in [4.69, 9.17) is 10.3 Å². The SMILES string of the molecule is NC(=O)c1noc([C@H]2CCCN2Cc2cscn2)n1. The zero-order valence-corrected chi connectivity index (χ0v) is 11.0. The molecule has 1 aliphatic heterocycles. The average Bonchev–Trinajstić information content (AvgIpc) is 3.09. The number of carbonyl (C=O) groups is 1. The van der Waals surface area contributed by atoms with Crippen molar-refractivity contribution in [3.8, 4) is 0 Å². The van der Waals surface area contributed by atoms with Gasteiger partial charge in [-0.2, -0.15) is 4.98 Å². The van der Waals surface area contributed by atoms with Gasteiger partial charge < -0.3 is 10.3 Å². The van der Waals surface area contributed by atoms with Gasteiger partial charge in [-0.15, -0.1) is 11.3 Å². The Kier molecular flexibility index (Phi) is 3.26. The van der Waals surface area contributed by atoms with Crippen LogP contribution in [0, 0.1) is 0 Å². The molecule has 7 nitrogen and oxygen atoms in total. The van der Waals surface area contributed by atoms with Crippen LogP contribution >= 0.6 is 11.3 Å². The van der Waals surface area contributed by atoms with Crippen molar-refractivity contribution in [2.75, 3.05) is 6.54 Å². The third kappa shape index (κ3) is 2.49. The normalized spacial score (nSPS) is 19.9. The third-order valence-electron chi connectivity index (χ3n) is 3.16. The number of hydrogen-bond acceptors (Lipinski definition) is 7. The molecule has 0 aliphatic carbocycles. The summed E-state index contributed by atoms with van der Waals surface area (Å²) in [6.07, 6.45) is 1.99. The van der Waals surface area contributed by atoms with Gasteiger partial charge in [0.25, 0.3) is 11.7 Å². The van der Waals surface area contributed by atoms with Gasteiger partial charge in [0.2, 0.25) is 5.89 Å². The summed E-state index contributed by atoms with van der Waals surface area (Å²) < 4.78 is 5.14. The second kappa shape index (κ2) is 5.06. The van der Waals surface area contributed by atoms with Crippen molar-refractivity contribution in [3.63, 3.8) is 0 Å². The van der Waals surface area contributed by atoms with Crippen LogP contribution in [0.2, 0.25) is 0 Å². The fraction of sp³-hybridized carbons (Fsp3) is 0.455. The summed E-state index contributed by atoms with van der Waals surface area (Å²) >= 11 is 1.58. The van der Waals surface area contributed by atoms with E-state index in [1.807, 2.05) is 10.9 Å². The first-order valence-corrected chi connectivity index (χ1v) is 6.93. The van der Waals surface area contributed by atoms with Crippen LogP contribution in [-0.2, 0) is 6.54 Å².